The van der Waals surface area contributed by atoms with Crippen LogP contribution in [-0.4, -0.2) is 42.6 Å². The minimum atomic E-state index is 0.0520. The van der Waals surface area contributed by atoms with Crippen molar-refractivity contribution in [2.75, 3.05) is 12.5 Å². The van der Waals surface area contributed by atoms with E-state index in [1.807, 2.05) is 61.7 Å². The Labute approximate surface area is 195 Å². The highest BCUT2D eigenvalue weighted by atomic mass is 32.2. The zero-order valence-corrected chi connectivity index (χ0v) is 19.4. The van der Waals surface area contributed by atoms with Gasteiger partial charge >= 0.3 is 0 Å². The zero-order valence-electron chi connectivity index (χ0n) is 18.6. The van der Waals surface area contributed by atoms with Crippen molar-refractivity contribution in [1.82, 2.24) is 24.3 Å². The number of ether oxygens (including phenoxy) is 2. The van der Waals surface area contributed by atoms with Gasteiger partial charge in [-0.2, -0.15) is 0 Å². The lowest BCUT2D eigenvalue weighted by Crippen LogP contribution is -2.07. The lowest BCUT2D eigenvalue weighted by molar-refractivity contribution is 0.102. The standard InChI is InChI=1S/C24H23N5O3S/c1-4-28-23(17-7-9-25-10-8-17)26-27-24(28)33-13-20(30)19-11-15(2)29(16(19)3)18-5-6-21-22(12-18)32-14-31-21/h5-12H,4,13-14H2,1-3H3. The van der Waals surface area contributed by atoms with Crippen LogP contribution in [0.2, 0.25) is 0 Å². The number of aromatic nitrogens is 5. The van der Waals surface area contributed by atoms with Gasteiger partial charge in [0, 0.05) is 53.2 Å². The van der Waals surface area contributed by atoms with E-state index in [1.165, 1.54) is 11.8 Å². The van der Waals surface area contributed by atoms with Crippen LogP contribution >= 0.6 is 11.8 Å². The first kappa shape index (κ1) is 21.3. The fraction of sp³-hybridized carbons (Fsp3) is 0.250. The van der Waals surface area contributed by atoms with Gasteiger partial charge < -0.3 is 18.6 Å². The number of pyridine rings is 1. The van der Waals surface area contributed by atoms with Crippen LogP contribution < -0.4 is 9.47 Å². The maximum absolute atomic E-state index is 13.2. The van der Waals surface area contributed by atoms with Crippen molar-refractivity contribution in [2.45, 2.75) is 32.5 Å². The van der Waals surface area contributed by atoms with E-state index in [-0.39, 0.29) is 18.3 Å². The Morgan fingerprint density at radius 1 is 1.06 bits per heavy atom. The Balaban J connectivity index is 1.36. The van der Waals surface area contributed by atoms with E-state index in [1.54, 1.807) is 12.4 Å². The molecule has 0 saturated heterocycles. The first-order valence-corrected chi connectivity index (χ1v) is 11.6. The molecule has 3 aromatic heterocycles. The molecule has 0 N–H and O–H groups in total. The van der Waals surface area contributed by atoms with E-state index in [2.05, 4.69) is 19.7 Å². The Kier molecular flexibility index (Phi) is 5.63. The van der Waals surface area contributed by atoms with Crippen molar-refractivity contribution in [1.29, 1.82) is 0 Å². The maximum Gasteiger partial charge on any atom is 0.231 e. The highest BCUT2D eigenvalue weighted by molar-refractivity contribution is 7.99. The van der Waals surface area contributed by atoms with Gasteiger partial charge in [0.1, 0.15) is 0 Å². The monoisotopic (exact) mass is 461 g/mol. The third-order valence-electron chi connectivity index (χ3n) is 5.65. The van der Waals surface area contributed by atoms with E-state index >= 15 is 0 Å². The normalized spacial score (nSPS) is 12.3. The van der Waals surface area contributed by atoms with Gasteiger partial charge in [0.25, 0.3) is 0 Å². The number of carbonyl (C=O) groups is 1. The molecule has 0 fully saturated rings. The Hall–Kier alpha value is -3.59. The molecule has 0 aliphatic carbocycles. The van der Waals surface area contributed by atoms with Gasteiger partial charge in [0.2, 0.25) is 6.79 Å². The molecule has 1 aliphatic rings. The lowest BCUT2D eigenvalue weighted by Gasteiger charge is -2.11. The molecule has 0 saturated carbocycles. The van der Waals surface area contributed by atoms with Gasteiger partial charge in [-0.3, -0.25) is 9.78 Å². The fourth-order valence-electron chi connectivity index (χ4n) is 4.07. The molecule has 1 aromatic carbocycles. The van der Waals surface area contributed by atoms with Crippen molar-refractivity contribution >= 4 is 17.5 Å². The molecule has 33 heavy (non-hydrogen) atoms. The Morgan fingerprint density at radius 2 is 1.85 bits per heavy atom. The number of nitrogens with zero attached hydrogens (tertiary/aromatic N) is 5. The number of carbonyl (C=O) groups excluding carboxylic acids is 1. The molecule has 4 heterocycles. The summed E-state index contributed by atoms with van der Waals surface area (Å²) in [5, 5.41) is 9.39. The third-order valence-corrected chi connectivity index (χ3v) is 6.62. The van der Waals surface area contributed by atoms with Gasteiger partial charge in [0.05, 0.1) is 5.75 Å². The smallest absolute Gasteiger partial charge is 0.231 e. The highest BCUT2D eigenvalue weighted by Gasteiger charge is 2.21. The summed E-state index contributed by atoms with van der Waals surface area (Å²) in [6.45, 7) is 6.94. The molecule has 168 valence electrons. The molecule has 0 atom stereocenters. The molecule has 5 rings (SSSR count). The largest absolute Gasteiger partial charge is 0.454 e. The van der Waals surface area contributed by atoms with E-state index < -0.39 is 0 Å². The van der Waals surface area contributed by atoms with Crippen molar-refractivity contribution in [3.63, 3.8) is 0 Å². The third kappa shape index (κ3) is 3.89. The predicted octanol–water partition coefficient (Wildman–Crippen LogP) is 4.47. The number of ketones is 1. The minimum Gasteiger partial charge on any atom is -0.454 e. The number of fused-ring (bicyclic) bond motifs is 1. The molecule has 0 unspecified atom stereocenters. The van der Waals surface area contributed by atoms with E-state index in [4.69, 9.17) is 9.47 Å². The summed E-state index contributed by atoms with van der Waals surface area (Å²) in [6.07, 6.45) is 3.46. The molecule has 8 nitrogen and oxygen atoms in total. The highest BCUT2D eigenvalue weighted by Crippen LogP contribution is 2.35. The van der Waals surface area contributed by atoms with Crippen LogP contribution in [0.4, 0.5) is 0 Å². The van der Waals surface area contributed by atoms with E-state index in [0.717, 1.165) is 39.4 Å². The van der Waals surface area contributed by atoms with Crippen LogP contribution in [0.15, 0.2) is 53.9 Å². The first-order valence-electron chi connectivity index (χ1n) is 10.7. The Bertz CT molecular complexity index is 1330. The molecule has 0 spiro atoms. The number of rotatable bonds is 7. The summed E-state index contributed by atoms with van der Waals surface area (Å²) < 4.78 is 15.0. The number of aryl methyl sites for hydroxylation is 1. The lowest BCUT2D eigenvalue weighted by atomic mass is 10.2. The molecule has 4 aromatic rings. The molecular formula is C24H23N5O3S. The average molecular weight is 462 g/mol. The second-order valence-electron chi connectivity index (χ2n) is 7.66. The summed E-state index contributed by atoms with van der Waals surface area (Å²) in [5.74, 6) is 2.55. The molecule has 9 heteroatoms. The van der Waals surface area contributed by atoms with Crippen molar-refractivity contribution in [3.8, 4) is 28.6 Å². The van der Waals surface area contributed by atoms with Crippen molar-refractivity contribution in [3.05, 3.63) is 65.7 Å². The van der Waals surface area contributed by atoms with Gasteiger partial charge in [-0.1, -0.05) is 11.8 Å². The van der Waals surface area contributed by atoms with Gasteiger partial charge in [-0.25, -0.2) is 0 Å². The summed E-state index contributed by atoms with van der Waals surface area (Å²) in [4.78, 5) is 17.2. The van der Waals surface area contributed by atoms with E-state index in [9.17, 15) is 4.79 Å². The van der Waals surface area contributed by atoms with Crippen LogP contribution in [0.1, 0.15) is 28.7 Å². The number of hydrogen-bond donors (Lipinski definition) is 0. The number of thioether (sulfide) groups is 1. The second-order valence-corrected chi connectivity index (χ2v) is 8.60. The van der Waals surface area contributed by atoms with Gasteiger partial charge in [0.15, 0.2) is 28.3 Å². The predicted molar refractivity (Wildman–Crippen MR) is 125 cm³/mol. The SMILES string of the molecule is CCn1c(SCC(=O)c2cc(C)n(-c3ccc4c(c3)OCO4)c2C)nnc1-c1ccncc1. The number of hydrogen-bond acceptors (Lipinski definition) is 7. The maximum atomic E-state index is 13.2. The number of benzene rings is 1. The molecule has 0 amide bonds. The summed E-state index contributed by atoms with van der Waals surface area (Å²) in [7, 11) is 0. The Morgan fingerprint density at radius 3 is 2.64 bits per heavy atom. The van der Waals surface area contributed by atoms with Gasteiger partial charge in [-0.15, -0.1) is 10.2 Å². The topological polar surface area (TPSA) is 84.1 Å². The average Bonchev–Trinajstić information content (AvgIpc) is 3.54. The quantitative estimate of drug-likeness (QED) is 0.297. The molecule has 0 bridgehead atoms. The van der Waals surface area contributed by atoms with Crippen LogP contribution in [0.3, 0.4) is 0 Å². The van der Waals surface area contributed by atoms with Crippen molar-refractivity contribution in [2.24, 2.45) is 0 Å². The van der Waals surface area contributed by atoms with Gasteiger partial charge in [-0.05, 0) is 51.1 Å². The number of Topliss-reactive ketones (excluding diaryl/α,β-unsaturated/α-hetero) is 1. The fourth-order valence-corrected chi connectivity index (χ4v) is 4.96. The van der Waals surface area contributed by atoms with Crippen LogP contribution in [0, 0.1) is 13.8 Å². The second kappa shape index (κ2) is 8.74. The van der Waals surface area contributed by atoms with Crippen molar-refractivity contribution < 1.29 is 14.3 Å². The minimum absolute atomic E-state index is 0.0520. The van der Waals surface area contributed by atoms with E-state index in [0.29, 0.717) is 17.9 Å². The van der Waals surface area contributed by atoms with Crippen LogP contribution in [-0.2, 0) is 6.54 Å². The molecule has 1 aliphatic heterocycles. The molecule has 0 radical (unpaired) electrons. The summed E-state index contributed by atoms with van der Waals surface area (Å²) in [5.41, 5.74) is 4.47. The molecular weight excluding hydrogens is 438 g/mol. The van der Waals surface area contributed by atoms with Crippen LogP contribution in [0.25, 0.3) is 17.1 Å². The first-order chi connectivity index (χ1) is 16.1. The summed E-state index contributed by atoms with van der Waals surface area (Å²) >= 11 is 1.40. The summed E-state index contributed by atoms with van der Waals surface area (Å²) in [6, 6.07) is 11.6. The van der Waals surface area contributed by atoms with Crippen LogP contribution in [0.5, 0.6) is 11.5 Å². The zero-order chi connectivity index (χ0) is 22.9.